The molecule has 0 radical (unpaired) electrons. The Morgan fingerprint density at radius 3 is 2.45 bits per heavy atom. The SMILES string of the molecule is NC(=O)[C@H]1[C@@H]([NH3+])[C@H]2C=C[C@H]1C2. The summed E-state index contributed by atoms with van der Waals surface area (Å²) in [6, 6.07) is 0.225. The van der Waals surface area contributed by atoms with E-state index in [1.807, 2.05) is 0 Å². The second kappa shape index (κ2) is 2.08. The van der Waals surface area contributed by atoms with Crippen LogP contribution in [0.25, 0.3) is 0 Å². The molecule has 0 unspecified atom stereocenters. The van der Waals surface area contributed by atoms with Crippen molar-refractivity contribution in [2.75, 3.05) is 0 Å². The summed E-state index contributed by atoms with van der Waals surface area (Å²) in [5.41, 5.74) is 9.23. The van der Waals surface area contributed by atoms with E-state index in [2.05, 4.69) is 17.9 Å². The first-order chi connectivity index (χ1) is 5.20. The molecule has 0 aromatic rings. The first kappa shape index (κ1) is 6.85. The smallest absolute Gasteiger partial charge is 0.227 e. The zero-order chi connectivity index (χ0) is 8.01. The van der Waals surface area contributed by atoms with Gasteiger partial charge in [-0.25, -0.2) is 0 Å². The molecule has 1 amide bonds. The van der Waals surface area contributed by atoms with Gasteiger partial charge in [-0.05, 0) is 12.3 Å². The van der Waals surface area contributed by atoms with Gasteiger partial charge in [-0.15, -0.1) is 0 Å². The molecule has 2 aliphatic carbocycles. The van der Waals surface area contributed by atoms with Gasteiger partial charge >= 0.3 is 0 Å². The van der Waals surface area contributed by atoms with Crippen molar-refractivity contribution in [3.8, 4) is 0 Å². The summed E-state index contributed by atoms with van der Waals surface area (Å²) < 4.78 is 0. The number of hydrogen-bond donors (Lipinski definition) is 2. The highest BCUT2D eigenvalue weighted by molar-refractivity contribution is 5.78. The van der Waals surface area contributed by atoms with Crippen LogP contribution in [0.1, 0.15) is 6.42 Å². The summed E-state index contributed by atoms with van der Waals surface area (Å²) >= 11 is 0. The monoisotopic (exact) mass is 153 g/mol. The average molecular weight is 153 g/mol. The normalized spacial score (nSPS) is 46.6. The maximum absolute atomic E-state index is 11.0. The van der Waals surface area contributed by atoms with E-state index >= 15 is 0 Å². The fourth-order valence-corrected chi connectivity index (χ4v) is 2.35. The van der Waals surface area contributed by atoms with Crippen LogP contribution < -0.4 is 11.5 Å². The van der Waals surface area contributed by atoms with Crippen LogP contribution in [0.3, 0.4) is 0 Å². The molecule has 2 bridgehead atoms. The number of carbonyl (C=O) groups excluding carboxylic acids is 1. The van der Waals surface area contributed by atoms with Crippen LogP contribution in [0.2, 0.25) is 0 Å². The Morgan fingerprint density at radius 2 is 2.09 bits per heavy atom. The number of primary amides is 1. The summed E-state index contributed by atoms with van der Waals surface area (Å²) in [6.45, 7) is 0. The number of hydrogen-bond acceptors (Lipinski definition) is 1. The molecule has 0 aromatic heterocycles. The van der Waals surface area contributed by atoms with Gasteiger partial charge in [0.1, 0.15) is 6.04 Å². The number of rotatable bonds is 1. The van der Waals surface area contributed by atoms with Gasteiger partial charge in [0.15, 0.2) is 0 Å². The maximum Gasteiger partial charge on any atom is 0.227 e. The number of nitrogens with two attached hydrogens (primary N) is 1. The molecule has 2 aliphatic rings. The molecule has 1 saturated carbocycles. The minimum absolute atomic E-state index is 0.00463. The van der Waals surface area contributed by atoms with Crippen molar-refractivity contribution in [3.63, 3.8) is 0 Å². The third-order valence-electron chi connectivity index (χ3n) is 2.95. The van der Waals surface area contributed by atoms with E-state index < -0.39 is 0 Å². The summed E-state index contributed by atoms with van der Waals surface area (Å²) in [6.07, 6.45) is 5.37. The van der Waals surface area contributed by atoms with Gasteiger partial charge in [0.05, 0.1) is 5.92 Å². The van der Waals surface area contributed by atoms with Crippen LogP contribution in [-0.2, 0) is 4.79 Å². The van der Waals surface area contributed by atoms with Crippen molar-refractivity contribution in [1.29, 1.82) is 0 Å². The van der Waals surface area contributed by atoms with Crippen molar-refractivity contribution in [2.45, 2.75) is 12.5 Å². The third-order valence-corrected chi connectivity index (χ3v) is 2.95. The predicted molar refractivity (Wildman–Crippen MR) is 40.1 cm³/mol. The van der Waals surface area contributed by atoms with Crippen LogP contribution >= 0.6 is 0 Å². The Bertz CT molecular complexity index is 224. The van der Waals surface area contributed by atoms with Gasteiger partial charge in [0, 0.05) is 5.92 Å². The van der Waals surface area contributed by atoms with Crippen molar-refractivity contribution >= 4 is 5.91 Å². The zero-order valence-electron chi connectivity index (χ0n) is 6.36. The van der Waals surface area contributed by atoms with Crippen LogP contribution in [0.5, 0.6) is 0 Å². The van der Waals surface area contributed by atoms with E-state index in [1.54, 1.807) is 0 Å². The van der Waals surface area contributed by atoms with Crippen LogP contribution in [0, 0.1) is 17.8 Å². The molecule has 60 valence electrons. The Kier molecular flexibility index (Phi) is 1.29. The first-order valence-electron chi connectivity index (χ1n) is 4.01. The van der Waals surface area contributed by atoms with Crippen molar-refractivity contribution in [1.82, 2.24) is 0 Å². The standard InChI is InChI=1S/C8H12N2O/c9-7-5-2-1-4(3-5)6(7)8(10)11/h1-2,4-7H,3,9H2,(H2,10,11)/p+1/t4-,5-,6+,7-/m0/s1. The molecular formula is C8H13N2O+. The van der Waals surface area contributed by atoms with Gasteiger partial charge in [-0.2, -0.15) is 0 Å². The molecule has 3 heteroatoms. The molecule has 1 fully saturated rings. The fourth-order valence-electron chi connectivity index (χ4n) is 2.35. The third kappa shape index (κ3) is 0.807. The summed E-state index contributed by atoms with van der Waals surface area (Å²) in [5.74, 6) is 0.726. The first-order valence-corrected chi connectivity index (χ1v) is 4.01. The number of quaternary nitrogens is 1. The zero-order valence-corrected chi connectivity index (χ0v) is 6.36. The van der Waals surface area contributed by atoms with Gasteiger partial charge < -0.3 is 11.5 Å². The van der Waals surface area contributed by atoms with Gasteiger partial charge in [0.2, 0.25) is 5.91 Å². The van der Waals surface area contributed by atoms with E-state index in [9.17, 15) is 4.79 Å². The van der Waals surface area contributed by atoms with Crippen LogP contribution in [0.4, 0.5) is 0 Å². The maximum atomic E-state index is 11.0. The number of carbonyl (C=O) groups is 1. The molecule has 5 N–H and O–H groups in total. The molecule has 3 nitrogen and oxygen atoms in total. The molecule has 11 heavy (non-hydrogen) atoms. The van der Waals surface area contributed by atoms with E-state index in [0.29, 0.717) is 11.8 Å². The summed E-state index contributed by atoms with van der Waals surface area (Å²) in [4.78, 5) is 11.0. The lowest BCUT2D eigenvalue weighted by molar-refractivity contribution is -0.433. The molecule has 2 rings (SSSR count). The van der Waals surface area contributed by atoms with Crippen molar-refractivity contribution < 1.29 is 10.5 Å². The molecule has 4 atom stereocenters. The van der Waals surface area contributed by atoms with Crippen molar-refractivity contribution in [3.05, 3.63) is 12.2 Å². The highest BCUT2D eigenvalue weighted by Crippen LogP contribution is 2.41. The molecule has 0 saturated heterocycles. The van der Waals surface area contributed by atoms with Gasteiger partial charge in [-0.3, -0.25) is 4.79 Å². The molecule has 0 aromatic carbocycles. The second-order valence-corrected chi connectivity index (χ2v) is 3.54. The summed E-state index contributed by atoms with van der Waals surface area (Å²) in [5, 5.41) is 0. The topological polar surface area (TPSA) is 70.7 Å². The molecule has 0 aliphatic heterocycles. The van der Waals surface area contributed by atoms with E-state index in [-0.39, 0.29) is 17.9 Å². The Hall–Kier alpha value is -0.830. The Labute approximate surface area is 65.4 Å². The lowest BCUT2D eigenvalue weighted by Gasteiger charge is -2.17. The second-order valence-electron chi connectivity index (χ2n) is 3.54. The van der Waals surface area contributed by atoms with Gasteiger partial charge in [-0.1, -0.05) is 12.2 Å². The lowest BCUT2D eigenvalue weighted by atomic mass is 9.89. The van der Waals surface area contributed by atoms with Gasteiger partial charge in [0.25, 0.3) is 0 Å². The molecular weight excluding hydrogens is 140 g/mol. The van der Waals surface area contributed by atoms with Crippen LogP contribution in [0.15, 0.2) is 12.2 Å². The number of fused-ring (bicyclic) bond motifs is 2. The van der Waals surface area contributed by atoms with E-state index in [4.69, 9.17) is 5.73 Å². The van der Waals surface area contributed by atoms with Crippen molar-refractivity contribution in [2.24, 2.45) is 23.5 Å². The average Bonchev–Trinajstić information content (AvgIpc) is 2.44. The van der Waals surface area contributed by atoms with E-state index in [0.717, 1.165) is 6.42 Å². The minimum atomic E-state index is -0.179. The minimum Gasteiger partial charge on any atom is -0.369 e. The summed E-state index contributed by atoms with van der Waals surface area (Å²) in [7, 11) is 0. The Balaban J connectivity index is 2.25. The Morgan fingerprint density at radius 1 is 1.45 bits per heavy atom. The number of allylic oxidation sites excluding steroid dienone is 1. The quantitative estimate of drug-likeness (QED) is 0.461. The largest absolute Gasteiger partial charge is 0.369 e. The predicted octanol–water partition coefficient (Wildman–Crippen LogP) is -1.10. The fraction of sp³-hybridized carbons (Fsp3) is 0.625. The lowest BCUT2D eigenvalue weighted by Crippen LogP contribution is -2.67. The highest BCUT2D eigenvalue weighted by atomic mass is 16.1. The van der Waals surface area contributed by atoms with Crippen LogP contribution in [-0.4, -0.2) is 11.9 Å². The highest BCUT2D eigenvalue weighted by Gasteiger charge is 2.48. The molecule has 0 heterocycles. The molecule has 0 spiro atoms. The number of amides is 1. The van der Waals surface area contributed by atoms with E-state index in [1.165, 1.54) is 0 Å².